The fourth-order valence-corrected chi connectivity index (χ4v) is 0.869. The maximum absolute atomic E-state index is 9.88. The molecule has 8 heteroatoms. The summed E-state index contributed by atoms with van der Waals surface area (Å²) in [6.07, 6.45) is -0.503. The van der Waals surface area contributed by atoms with Crippen molar-refractivity contribution in [3.8, 4) is 0 Å². The van der Waals surface area contributed by atoms with Gasteiger partial charge in [-0.15, -0.1) is 20.2 Å². The van der Waals surface area contributed by atoms with Crippen LogP contribution < -0.4 is 0 Å². The summed E-state index contributed by atoms with van der Waals surface area (Å²) >= 11 is 0. The van der Waals surface area contributed by atoms with E-state index in [4.69, 9.17) is 0 Å². The molecule has 0 fully saturated rings. The largest absolute Gasteiger partial charge is 0.311 e. The maximum atomic E-state index is 9.88. The summed E-state index contributed by atoms with van der Waals surface area (Å²) in [6.45, 7) is 3.03. The molecule has 0 aliphatic heterocycles. The van der Waals surface area contributed by atoms with Crippen molar-refractivity contribution in [2.45, 2.75) is 38.9 Å². The molecule has 2 atom stereocenters. The van der Waals surface area contributed by atoms with Gasteiger partial charge in [0.05, 0.1) is 0 Å². The van der Waals surface area contributed by atoms with Gasteiger partial charge < -0.3 is 9.68 Å². The van der Waals surface area contributed by atoms with Gasteiger partial charge in [0.2, 0.25) is 0 Å². The van der Waals surface area contributed by atoms with Gasteiger partial charge in [-0.1, -0.05) is 0 Å². The zero-order valence-corrected chi connectivity index (χ0v) is 7.91. The van der Waals surface area contributed by atoms with E-state index in [9.17, 15) is 20.2 Å². The highest BCUT2D eigenvalue weighted by molar-refractivity contribution is 4.53. The maximum Gasteiger partial charge on any atom is 0.294 e. The van der Waals surface area contributed by atoms with Crippen LogP contribution in [0.1, 0.15) is 26.7 Å². The second-order valence-corrected chi connectivity index (χ2v) is 2.86. The zero-order chi connectivity index (χ0) is 11.1. The number of hydrogen-bond acceptors (Lipinski definition) is 6. The van der Waals surface area contributed by atoms with Crippen LogP contribution in [0.2, 0.25) is 0 Å². The highest BCUT2D eigenvalue weighted by Gasteiger charge is 2.11. The molecule has 0 bridgehead atoms. The molecule has 0 heterocycles. The molecule has 2 unspecified atom stereocenters. The van der Waals surface area contributed by atoms with Crippen LogP contribution in [0.4, 0.5) is 0 Å². The van der Waals surface area contributed by atoms with Crippen molar-refractivity contribution >= 4 is 0 Å². The average Bonchev–Trinajstić information content (AvgIpc) is 1.98. The number of nitrogens with zero attached hydrogens (tertiary/aromatic N) is 2. The summed E-state index contributed by atoms with van der Waals surface area (Å²) in [5, 5.41) is 18.0. The normalized spacial score (nSPS) is 14.1. The molecule has 0 amide bonds. The smallest absolute Gasteiger partial charge is 0.294 e. The minimum atomic E-state index is -0.885. The summed E-state index contributed by atoms with van der Waals surface area (Å²) in [4.78, 5) is 28.2. The molecule has 0 aromatic rings. The second-order valence-electron chi connectivity index (χ2n) is 2.86. The topological polar surface area (TPSA) is 105 Å². The molecule has 0 spiro atoms. The Bertz CT molecular complexity index is 186. The monoisotopic (exact) mass is 208 g/mol. The van der Waals surface area contributed by atoms with Gasteiger partial charge in [0.1, 0.15) is 12.2 Å². The average molecular weight is 208 g/mol. The van der Waals surface area contributed by atoms with E-state index in [1.807, 2.05) is 0 Å². The summed E-state index contributed by atoms with van der Waals surface area (Å²) in [5.74, 6) is 0. The quantitative estimate of drug-likeness (QED) is 0.455. The van der Waals surface area contributed by atoms with Gasteiger partial charge in [-0.2, -0.15) is 0 Å². The molecule has 0 aliphatic carbocycles. The number of hydrogen-bond donors (Lipinski definition) is 0. The Labute approximate surface area is 80.0 Å². The van der Waals surface area contributed by atoms with Gasteiger partial charge >= 0.3 is 0 Å². The summed E-state index contributed by atoms with van der Waals surface area (Å²) in [6, 6.07) is 0. The molecule has 0 aromatic carbocycles. The Morgan fingerprint density at radius 2 is 1.29 bits per heavy atom. The van der Waals surface area contributed by atoms with Crippen LogP contribution in [0.15, 0.2) is 0 Å². The first-order chi connectivity index (χ1) is 6.41. The SMILES string of the molecule is CC(CCC(C)O[N+](=O)[O-])O[N+](=O)[O-]. The van der Waals surface area contributed by atoms with Crippen LogP contribution in [-0.4, -0.2) is 22.4 Å². The van der Waals surface area contributed by atoms with Crippen molar-refractivity contribution < 1.29 is 19.8 Å². The first-order valence-electron chi connectivity index (χ1n) is 4.04. The van der Waals surface area contributed by atoms with E-state index in [1.54, 1.807) is 0 Å². The zero-order valence-electron chi connectivity index (χ0n) is 7.91. The van der Waals surface area contributed by atoms with Crippen molar-refractivity contribution in [2.75, 3.05) is 0 Å². The van der Waals surface area contributed by atoms with Crippen LogP contribution in [0.5, 0.6) is 0 Å². The Morgan fingerprint density at radius 1 is 1.00 bits per heavy atom. The predicted molar refractivity (Wildman–Crippen MR) is 44.3 cm³/mol. The van der Waals surface area contributed by atoms with Gasteiger partial charge in [-0.05, 0) is 26.7 Å². The molecule has 0 saturated carbocycles. The molecule has 0 N–H and O–H groups in total. The lowest BCUT2D eigenvalue weighted by atomic mass is 10.1. The highest BCUT2D eigenvalue weighted by Crippen LogP contribution is 2.07. The first-order valence-corrected chi connectivity index (χ1v) is 4.04. The first kappa shape index (κ1) is 12.4. The summed E-state index contributed by atoms with van der Waals surface area (Å²) in [5.41, 5.74) is 0. The van der Waals surface area contributed by atoms with E-state index in [0.29, 0.717) is 12.8 Å². The van der Waals surface area contributed by atoms with Crippen molar-refractivity contribution in [3.63, 3.8) is 0 Å². The lowest BCUT2D eigenvalue weighted by molar-refractivity contribution is -0.771. The molecule has 14 heavy (non-hydrogen) atoms. The second kappa shape index (κ2) is 5.95. The van der Waals surface area contributed by atoms with E-state index < -0.39 is 22.4 Å². The Morgan fingerprint density at radius 3 is 1.50 bits per heavy atom. The highest BCUT2D eigenvalue weighted by atomic mass is 17.0. The van der Waals surface area contributed by atoms with E-state index in [0.717, 1.165) is 0 Å². The van der Waals surface area contributed by atoms with E-state index in [-0.39, 0.29) is 0 Å². The summed E-state index contributed by atoms with van der Waals surface area (Å²) in [7, 11) is 0. The molecule has 0 aromatic heterocycles. The molecule has 82 valence electrons. The molecule has 0 radical (unpaired) electrons. The minimum Gasteiger partial charge on any atom is -0.311 e. The standard InChI is InChI=1S/C6H12N2O6/c1-5(13-7(9)10)3-4-6(2)14-8(11)12/h5-6H,3-4H2,1-2H3. The van der Waals surface area contributed by atoms with Crippen LogP contribution >= 0.6 is 0 Å². The fraction of sp³-hybridized carbons (Fsp3) is 1.00. The van der Waals surface area contributed by atoms with E-state index in [2.05, 4.69) is 9.68 Å². The van der Waals surface area contributed by atoms with Crippen molar-refractivity contribution in [1.29, 1.82) is 0 Å². The van der Waals surface area contributed by atoms with Crippen LogP contribution in [0.3, 0.4) is 0 Å². The minimum absolute atomic E-state index is 0.329. The van der Waals surface area contributed by atoms with Crippen molar-refractivity contribution in [1.82, 2.24) is 0 Å². The molecule has 8 nitrogen and oxygen atoms in total. The molecular formula is C6H12N2O6. The third-order valence-electron chi connectivity index (χ3n) is 1.51. The third-order valence-corrected chi connectivity index (χ3v) is 1.51. The van der Waals surface area contributed by atoms with Crippen LogP contribution in [0, 0.1) is 20.2 Å². The lowest BCUT2D eigenvalue weighted by Crippen LogP contribution is -2.18. The molecular weight excluding hydrogens is 196 g/mol. The Kier molecular flexibility index (Phi) is 5.27. The Balaban J connectivity index is 3.60. The Hall–Kier alpha value is -1.60. The van der Waals surface area contributed by atoms with Gasteiger partial charge in [0.25, 0.3) is 10.2 Å². The van der Waals surface area contributed by atoms with E-state index >= 15 is 0 Å². The molecule has 0 saturated heterocycles. The number of rotatable bonds is 7. The third kappa shape index (κ3) is 7.07. The van der Waals surface area contributed by atoms with Gasteiger partial charge in [-0.25, -0.2) is 0 Å². The van der Waals surface area contributed by atoms with Crippen LogP contribution in [-0.2, 0) is 9.68 Å². The lowest BCUT2D eigenvalue weighted by Gasteiger charge is -2.12. The molecule has 0 aliphatic rings. The fourth-order valence-electron chi connectivity index (χ4n) is 0.869. The van der Waals surface area contributed by atoms with Gasteiger partial charge in [-0.3, -0.25) is 0 Å². The van der Waals surface area contributed by atoms with Gasteiger partial charge in [0.15, 0.2) is 0 Å². The molecule has 0 rings (SSSR count). The van der Waals surface area contributed by atoms with Gasteiger partial charge in [0, 0.05) is 0 Å². The predicted octanol–water partition coefficient (Wildman–Crippen LogP) is 0.960. The van der Waals surface area contributed by atoms with Crippen molar-refractivity contribution in [2.24, 2.45) is 0 Å². The van der Waals surface area contributed by atoms with Crippen LogP contribution in [0.25, 0.3) is 0 Å². The summed E-state index contributed by atoms with van der Waals surface area (Å²) < 4.78 is 0. The van der Waals surface area contributed by atoms with Crippen molar-refractivity contribution in [3.05, 3.63) is 20.2 Å². The van der Waals surface area contributed by atoms with E-state index in [1.165, 1.54) is 13.8 Å².